The number of hydrogen-bond donors (Lipinski definition) is 4. The normalized spacial score (nSPS) is 22.2. The average molecular weight is 359 g/mol. The van der Waals surface area contributed by atoms with Crippen molar-refractivity contribution >= 4 is 5.70 Å². The monoisotopic (exact) mass is 358 g/mol. The summed E-state index contributed by atoms with van der Waals surface area (Å²) in [5.41, 5.74) is 20.1. The number of phenols is 1. The van der Waals surface area contributed by atoms with Gasteiger partial charge in [0.2, 0.25) is 0 Å². The van der Waals surface area contributed by atoms with E-state index in [0.717, 1.165) is 31.1 Å². The first kappa shape index (κ1) is 20.0. The highest BCUT2D eigenvalue weighted by Gasteiger charge is 2.20. The van der Waals surface area contributed by atoms with Gasteiger partial charge in [0.1, 0.15) is 11.6 Å². The molecule has 0 bridgehead atoms. The molecule has 26 heavy (non-hydrogen) atoms. The number of aromatic hydroxyl groups is 1. The summed E-state index contributed by atoms with van der Waals surface area (Å²) in [6, 6.07) is 7.03. The lowest BCUT2D eigenvalue weighted by molar-refractivity contribution is 0.279. The van der Waals surface area contributed by atoms with E-state index in [2.05, 4.69) is 18.7 Å². The number of hydrogen-bond acceptors (Lipinski definition) is 5. The van der Waals surface area contributed by atoms with Crippen molar-refractivity contribution in [3.8, 4) is 5.75 Å². The Morgan fingerprint density at radius 1 is 1.23 bits per heavy atom. The molecule has 2 unspecified atom stereocenters. The first-order chi connectivity index (χ1) is 12.4. The molecule has 1 aliphatic rings. The van der Waals surface area contributed by atoms with Crippen molar-refractivity contribution in [2.75, 3.05) is 13.1 Å². The summed E-state index contributed by atoms with van der Waals surface area (Å²) in [7, 11) is 0. The zero-order chi connectivity index (χ0) is 19.1. The van der Waals surface area contributed by atoms with Crippen LogP contribution >= 0.6 is 0 Å². The topological polar surface area (TPSA) is 102 Å². The summed E-state index contributed by atoms with van der Waals surface area (Å²) in [5.74, 6) is 1.78. The van der Waals surface area contributed by atoms with E-state index in [-0.39, 0.29) is 11.6 Å². The maximum Gasteiger partial charge on any atom is 0.124 e. The quantitative estimate of drug-likeness (QED) is 0.619. The molecule has 2 atom stereocenters. The SMILES string of the molecule is CCC1CCCCN(C(/C=C(\N)c2ccccc2O)=C(N)N)CC(C)C1. The van der Waals surface area contributed by atoms with Crippen LogP contribution in [0.4, 0.5) is 0 Å². The summed E-state index contributed by atoms with van der Waals surface area (Å²) in [5, 5.41) is 10.0. The molecule has 1 heterocycles. The van der Waals surface area contributed by atoms with Gasteiger partial charge in [-0.05, 0) is 42.9 Å². The number of allylic oxidation sites excluding steroid dienone is 1. The van der Waals surface area contributed by atoms with Crippen molar-refractivity contribution in [2.24, 2.45) is 29.0 Å². The van der Waals surface area contributed by atoms with Crippen molar-refractivity contribution in [1.82, 2.24) is 4.90 Å². The number of nitrogens with zero attached hydrogens (tertiary/aromatic N) is 1. The van der Waals surface area contributed by atoms with E-state index in [0.29, 0.717) is 17.2 Å². The first-order valence-corrected chi connectivity index (χ1v) is 9.68. The maximum absolute atomic E-state index is 10.0. The Balaban J connectivity index is 2.27. The van der Waals surface area contributed by atoms with E-state index in [1.165, 1.54) is 25.7 Å². The van der Waals surface area contributed by atoms with Gasteiger partial charge in [-0.25, -0.2) is 0 Å². The van der Waals surface area contributed by atoms with Crippen LogP contribution in [-0.2, 0) is 0 Å². The van der Waals surface area contributed by atoms with Gasteiger partial charge in [0.15, 0.2) is 0 Å². The molecule has 5 nitrogen and oxygen atoms in total. The predicted octanol–water partition coefficient (Wildman–Crippen LogP) is 3.32. The van der Waals surface area contributed by atoms with E-state index in [4.69, 9.17) is 17.2 Å². The smallest absolute Gasteiger partial charge is 0.124 e. The lowest BCUT2D eigenvalue weighted by Crippen LogP contribution is -2.32. The molecule has 0 radical (unpaired) electrons. The number of para-hydroxylation sites is 1. The number of nitrogens with two attached hydrogens (primary N) is 3. The summed E-state index contributed by atoms with van der Waals surface area (Å²) >= 11 is 0. The van der Waals surface area contributed by atoms with Crippen molar-refractivity contribution in [2.45, 2.75) is 46.0 Å². The van der Waals surface area contributed by atoms with E-state index >= 15 is 0 Å². The standard InChI is InChI=1S/C21H34N4O/c1-3-16-8-6-7-11-25(14-15(2)12-16)19(21(23)24)13-18(22)17-9-4-5-10-20(17)26/h4-5,9-10,13,15-16,26H,3,6-8,11-12,14,22-24H2,1-2H3/b18-13-. The molecule has 0 amide bonds. The van der Waals surface area contributed by atoms with Crippen LogP contribution in [0, 0.1) is 11.8 Å². The molecule has 0 spiro atoms. The van der Waals surface area contributed by atoms with Gasteiger partial charge in [0, 0.05) is 24.4 Å². The second-order valence-corrected chi connectivity index (χ2v) is 7.51. The van der Waals surface area contributed by atoms with Gasteiger partial charge >= 0.3 is 0 Å². The van der Waals surface area contributed by atoms with Gasteiger partial charge in [-0.3, -0.25) is 0 Å². The molecule has 1 fully saturated rings. The number of phenolic OH excluding ortho intramolecular Hbond substituents is 1. The van der Waals surface area contributed by atoms with Crippen LogP contribution in [0.15, 0.2) is 41.9 Å². The van der Waals surface area contributed by atoms with Crippen LogP contribution in [-0.4, -0.2) is 23.1 Å². The van der Waals surface area contributed by atoms with Gasteiger partial charge in [0.25, 0.3) is 0 Å². The van der Waals surface area contributed by atoms with Crippen molar-refractivity contribution in [3.63, 3.8) is 0 Å². The minimum absolute atomic E-state index is 0.153. The highest BCUT2D eigenvalue weighted by Crippen LogP contribution is 2.27. The summed E-state index contributed by atoms with van der Waals surface area (Å²) in [6.45, 7) is 6.40. The van der Waals surface area contributed by atoms with E-state index in [1.54, 1.807) is 24.3 Å². The second-order valence-electron chi connectivity index (χ2n) is 7.51. The van der Waals surface area contributed by atoms with Crippen LogP contribution in [0.3, 0.4) is 0 Å². The fourth-order valence-electron chi connectivity index (χ4n) is 3.85. The highest BCUT2D eigenvalue weighted by atomic mass is 16.3. The Hall–Kier alpha value is -2.30. The molecule has 7 N–H and O–H groups in total. The first-order valence-electron chi connectivity index (χ1n) is 9.68. The Kier molecular flexibility index (Phi) is 7.25. The fourth-order valence-corrected chi connectivity index (χ4v) is 3.85. The summed E-state index contributed by atoms with van der Waals surface area (Å²) in [6.07, 6.45) is 7.89. The number of rotatable bonds is 4. The van der Waals surface area contributed by atoms with Gasteiger partial charge in [-0.1, -0.05) is 45.2 Å². The van der Waals surface area contributed by atoms with Gasteiger partial charge in [-0.15, -0.1) is 0 Å². The van der Waals surface area contributed by atoms with Crippen LogP contribution in [0.1, 0.15) is 51.5 Å². The molecule has 1 aliphatic heterocycles. The van der Waals surface area contributed by atoms with Crippen LogP contribution < -0.4 is 17.2 Å². The van der Waals surface area contributed by atoms with E-state index < -0.39 is 0 Å². The molecule has 1 aromatic rings. The largest absolute Gasteiger partial charge is 0.507 e. The third-order valence-electron chi connectivity index (χ3n) is 5.28. The fraction of sp³-hybridized carbons (Fsp3) is 0.524. The lowest BCUT2D eigenvalue weighted by Gasteiger charge is -2.29. The predicted molar refractivity (Wildman–Crippen MR) is 109 cm³/mol. The highest BCUT2D eigenvalue weighted by molar-refractivity contribution is 5.69. The molecule has 0 saturated carbocycles. The van der Waals surface area contributed by atoms with Crippen molar-refractivity contribution < 1.29 is 5.11 Å². The van der Waals surface area contributed by atoms with Gasteiger partial charge in [0.05, 0.1) is 5.70 Å². The minimum atomic E-state index is 0.153. The van der Waals surface area contributed by atoms with E-state index in [1.807, 2.05) is 6.07 Å². The minimum Gasteiger partial charge on any atom is -0.507 e. The third-order valence-corrected chi connectivity index (χ3v) is 5.28. The van der Waals surface area contributed by atoms with Crippen LogP contribution in [0.2, 0.25) is 0 Å². The Bertz CT molecular complexity index is 649. The second kappa shape index (κ2) is 9.41. The third kappa shape index (κ3) is 5.35. The van der Waals surface area contributed by atoms with Gasteiger partial charge < -0.3 is 27.2 Å². The Morgan fingerprint density at radius 2 is 1.96 bits per heavy atom. The molecular formula is C21H34N4O. The summed E-state index contributed by atoms with van der Waals surface area (Å²) in [4.78, 5) is 2.25. The van der Waals surface area contributed by atoms with Gasteiger partial charge in [-0.2, -0.15) is 0 Å². The zero-order valence-electron chi connectivity index (χ0n) is 16.1. The molecule has 1 saturated heterocycles. The summed E-state index contributed by atoms with van der Waals surface area (Å²) < 4.78 is 0. The zero-order valence-corrected chi connectivity index (χ0v) is 16.1. The average Bonchev–Trinajstić information content (AvgIpc) is 2.69. The maximum atomic E-state index is 10.0. The van der Waals surface area contributed by atoms with Crippen molar-refractivity contribution in [3.05, 3.63) is 47.4 Å². The van der Waals surface area contributed by atoms with Crippen LogP contribution in [0.5, 0.6) is 5.75 Å². The Labute approximate surface area is 157 Å². The molecule has 0 aromatic heterocycles. The molecule has 5 heteroatoms. The Morgan fingerprint density at radius 3 is 2.62 bits per heavy atom. The lowest BCUT2D eigenvalue weighted by atomic mass is 9.90. The molecule has 1 aromatic carbocycles. The van der Waals surface area contributed by atoms with Crippen LogP contribution in [0.25, 0.3) is 5.70 Å². The van der Waals surface area contributed by atoms with Crippen molar-refractivity contribution in [1.29, 1.82) is 0 Å². The molecule has 144 valence electrons. The number of benzene rings is 1. The molecular weight excluding hydrogens is 324 g/mol. The molecule has 2 rings (SSSR count). The molecule has 0 aliphatic carbocycles. The van der Waals surface area contributed by atoms with E-state index in [9.17, 15) is 5.11 Å².